The van der Waals surface area contributed by atoms with Gasteiger partial charge in [-0.15, -0.1) is 11.3 Å². The Kier molecular flexibility index (Phi) is 4.66. The van der Waals surface area contributed by atoms with E-state index in [4.69, 9.17) is 4.98 Å². The number of benzene rings is 2. The van der Waals surface area contributed by atoms with E-state index in [2.05, 4.69) is 22.0 Å². The van der Waals surface area contributed by atoms with Crippen LogP contribution >= 0.6 is 27.3 Å². The van der Waals surface area contributed by atoms with Crippen molar-refractivity contribution in [2.24, 2.45) is 0 Å². The summed E-state index contributed by atoms with van der Waals surface area (Å²) in [6.07, 6.45) is 1.63. The minimum atomic E-state index is -3.41. The van der Waals surface area contributed by atoms with Crippen LogP contribution in [-0.2, 0) is 10.0 Å². The second-order valence-electron chi connectivity index (χ2n) is 6.15. The van der Waals surface area contributed by atoms with Gasteiger partial charge in [0.05, 0.1) is 20.1 Å². The monoisotopic (exact) mass is 436 g/mol. The molecule has 3 aromatic rings. The second kappa shape index (κ2) is 6.79. The Labute approximate surface area is 159 Å². The van der Waals surface area contributed by atoms with Crippen LogP contribution in [0.15, 0.2) is 57.9 Å². The average Bonchev–Trinajstić information content (AvgIpc) is 3.06. The molecule has 130 valence electrons. The van der Waals surface area contributed by atoms with Gasteiger partial charge in [-0.2, -0.15) is 4.31 Å². The second-order valence-corrected chi connectivity index (χ2v) is 10.1. The molecule has 4 rings (SSSR count). The van der Waals surface area contributed by atoms with Gasteiger partial charge in [-0.05, 0) is 49.2 Å². The van der Waals surface area contributed by atoms with E-state index in [-0.39, 0.29) is 0 Å². The first-order chi connectivity index (χ1) is 12.0. The van der Waals surface area contributed by atoms with Gasteiger partial charge in [0, 0.05) is 23.5 Å². The third-order valence-electron chi connectivity index (χ3n) is 4.57. The molecule has 2 aromatic carbocycles. The Bertz CT molecular complexity index is 958. The van der Waals surface area contributed by atoms with Crippen LogP contribution in [0.4, 0.5) is 0 Å². The van der Waals surface area contributed by atoms with Crippen molar-refractivity contribution in [2.75, 3.05) is 13.1 Å². The molecule has 0 atom stereocenters. The minimum Gasteiger partial charge on any atom is -0.241 e. The van der Waals surface area contributed by atoms with E-state index < -0.39 is 10.0 Å². The summed E-state index contributed by atoms with van der Waals surface area (Å²) in [6.45, 7) is 1.08. The quantitative estimate of drug-likeness (QED) is 0.601. The number of rotatable bonds is 3. The molecule has 0 aliphatic carbocycles. The van der Waals surface area contributed by atoms with Gasteiger partial charge in [-0.3, -0.25) is 0 Å². The lowest BCUT2D eigenvalue weighted by Crippen LogP contribution is -2.37. The van der Waals surface area contributed by atoms with Crippen molar-refractivity contribution in [3.05, 3.63) is 58.0 Å². The molecule has 0 spiro atoms. The molecule has 0 saturated carbocycles. The highest BCUT2D eigenvalue weighted by molar-refractivity contribution is 9.10. The van der Waals surface area contributed by atoms with Crippen molar-refractivity contribution in [3.8, 4) is 0 Å². The topological polar surface area (TPSA) is 50.3 Å². The van der Waals surface area contributed by atoms with Crippen molar-refractivity contribution in [3.63, 3.8) is 0 Å². The largest absolute Gasteiger partial charge is 0.243 e. The van der Waals surface area contributed by atoms with Crippen LogP contribution in [0.3, 0.4) is 0 Å². The fraction of sp³-hybridized carbons (Fsp3) is 0.278. The standard InChI is InChI=1S/C18H17BrN2O2S2/c19-14-5-7-15(8-6-14)25(22,23)21-11-9-13(10-12-21)18-20-16-3-1-2-4-17(16)24-18/h1-8,13H,9-12H2. The lowest BCUT2D eigenvalue weighted by Gasteiger charge is -2.30. The zero-order valence-corrected chi connectivity index (χ0v) is 16.6. The van der Waals surface area contributed by atoms with E-state index in [1.165, 1.54) is 4.70 Å². The summed E-state index contributed by atoms with van der Waals surface area (Å²) in [6, 6.07) is 15.0. The number of fused-ring (bicyclic) bond motifs is 1. The molecule has 0 amide bonds. The fourth-order valence-corrected chi connectivity index (χ4v) is 6.03. The van der Waals surface area contributed by atoms with Crippen LogP contribution in [-0.4, -0.2) is 30.8 Å². The lowest BCUT2D eigenvalue weighted by atomic mass is 9.99. The SMILES string of the molecule is O=S(=O)(c1ccc(Br)cc1)N1CCC(c2nc3ccccc3s2)CC1. The first-order valence-electron chi connectivity index (χ1n) is 8.15. The molecule has 7 heteroatoms. The van der Waals surface area contributed by atoms with Gasteiger partial charge in [-0.25, -0.2) is 13.4 Å². The van der Waals surface area contributed by atoms with Crippen molar-refractivity contribution >= 4 is 47.5 Å². The number of thiazole rings is 1. The maximum atomic E-state index is 12.8. The highest BCUT2D eigenvalue weighted by Crippen LogP contribution is 2.35. The third-order valence-corrected chi connectivity index (χ3v) is 8.21. The van der Waals surface area contributed by atoms with Crippen LogP contribution in [0.1, 0.15) is 23.8 Å². The minimum absolute atomic E-state index is 0.341. The number of para-hydroxylation sites is 1. The first kappa shape index (κ1) is 17.1. The molecule has 0 radical (unpaired) electrons. The summed E-state index contributed by atoms with van der Waals surface area (Å²) < 4.78 is 29.2. The molecular formula is C18H17BrN2O2S2. The number of hydrogen-bond donors (Lipinski definition) is 0. The van der Waals surface area contributed by atoms with Gasteiger partial charge in [0.2, 0.25) is 10.0 Å². The molecule has 1 aliphatic rings. The van der Waals surface area contributed by atoms with E-state index in [1.54, 1.807) is 39.9 Å². The molecule has 2 heterocycles. The van der Waals surface area contributed by atoms with Crippen LogP contribution < -0.4 is 0 Å². The Morgan fingerprint density at radius 3 is 2.40 bits per heavy atom. The van der Waals surface area contributed by atoms with E-state index in [9.17, 15) is 8.42 Å². The maximum Gasteiger partial charge on any atom is 0.243 e. The molecule has 0 bridgehead atoms. The molecule has 0 unspecified atom stereocenters. The van der Waals surface area contributed by atoms with Crippen molar-refractivity contribution < 1.29 is 8.42 Å². The summed E-state index contributed by atoms with van der Waals surface area (Å²) in [5.74, 6) is 0.341. The average molecular weight is 437 g/mol. The molecular weight excluding hydrogens is 420 g/mol. The van der Waals surface area contributed by atoms with E-state index in [0.717, 1.165) is 27.8 Å². The summed E-state index contributed by atoms with van der Waals surface area (Å²) in [7, 11) is -3.41. The molecule has 1 fully saturated rings. The Balaban J connectivity index is 1.50. The molecule has 1 saturated heterocycles. The van der Waals surface area contributed by atoms with Gasteiger partial charge >= 0.3 is 0 Å². The highest BCUT2D eigenvalue weighted by Gasteiger charge is 2.31. The van der Waals surface area contributed by atoms with Gasteiger partial charge in [-0.1, -0.05) is 28.1 Å². The Hall–Kier alpha value is -1.28. The van der Waals surface area contributed by atoms with Gasteiger partial charge in [0.15, 0.2) is 0 Å². The molecule has 1 aromatic heterocycles. The van der Waals surface area contributed by atoms with Crippen molar-refractivity contribution in [2.45, 2.75) is 23.7 Å². The highest BCUT2D eigenvalue weighted by atomic mass is 79.9. The van der Waals surface area contributed by atoms with Crippen LogP contribution in [0.2, 0.25) is 0 Å². The number of nitrogens with zero attached hydrogens (tertiary/aromatic N) is 2. The Morgan fingerprint density at radius 2 is 1.72 bits per heavy atom. The van der Waals surface area contributed by atoms with Crippen molar-refractivity contribution in [1.82, 2.24) is 9.29 Å². The lowest BCUT2D eigenvalue weighted by molar-refractivity contribution is 0.319. The number of piperidine rings is 1. The zero-order valence-electron chi connectivity index (χ0n) is 13.4. The molecule has 1 aliphatic heterocycles. The Morgan fingerprint density at radius 1 is 1.04 bits per heavy atom. The maximum absolute atomic E-state index is 12.8. The van der Waals surface area contributed by atoms with Crippen LogP contribution in [0.5, 0.6) is 0 Å². The summed E-state index contributed by atoms with van der Waals surface area (Å²) in [5.41, 5.74) is 1.03. The van der Waals surface area contributed by atoms with E-state index >= 15 is 0 Å². The molecule has 4 nitrogen and oxygen atoms in total. The van der Waals surface area contributed by atoms with E-state index in [1.807, 2.05) is 18.2 Å². The number of halogens is 1. The smallest absolute Gasteiger partial charge is 0.241 e. The molecule has 25 heavy (non-hydrogen) atoms. The first-order valence-corrected chi connectivity index (χ1v) is 11.2. The normalized spacial score (nSPS) is 17.2. The predicted octanol–water partition coefficient (Wildman–Crippen LogP) is 4.63. The van der Waals surface area contributed by atoms with E-state index in [0.29, 0.717) is 23.9 Å². The molecule has 0 N–H and O–H groups in total. The summed E-state index contributed by atoms with van der Waals surface area (Å²) >= 11 is 5.07. The third kappa shape index (κ3) is 3.38. The fourth-order valence-electron chi connectivity index (χ4n) is 3.16. The number of sulfonamides is 1. The van der Waals surface area contributed by atoms with Gasteiger partial charge in [0.1, 0.15) is 0 Å². The van der Waals surface area contributed by atoms with Gasteiger partial charge in [0.25, 0.3) is 0 Å². The van der Waals surface area contributed by atoms with Crippen LogP contribution in [0, 0.1) is 0 Å². The van der Waals surface area contributed by atoms with Gasteiger partial charge < -0.3 is 0 Å². The zero-order chi connectivity index (χ0) is 17.4. The predicted molar refractivity (Wildman–Crippen MR) is 104 cm³/mol. The van der Waals surface area contributed by atoms with Crippen LogP contribution in [0.25, 0.3) is 10.2 Å². The summed E-state index contributed by atoms with van der Waals surface area (Å²) in [4.78, 5) is 5.09. The number of hydrogen-bond acceptors (Lipinski definition) is 4. The number of aromatic nitrogens is 1. The summed E-state index contributed by atoms with van der Waals surface area (Å²) in [5, 5.41) is 1.13. The van der Waals surface area contributed by atoms with Crippen molar-refractivity contribution in [1.29, 1.82) is 0 Å².